The normalized spacial score (nSPS) is 27.2. The summed E-state index contributed by atoms with van der Waals surface area (Å²) in [7, 11) is -3.40. The molecule has 218 valence electrons. The van der Waals surface area contributed by atoms with Crippen LogP contribution in [0, 0.1) is 11.7 Å². The first kappa shape index (κ1) is 29.3. The van der Waals surface area contributed by atoms with Crippen molar-refractivity contribution in [2.24, 2.45) is 11.7 Å². The van der Waals surface area contributed by atoms with Gasteiger partial charge in [0.2, 0.25) is 21.9 Å². The Bertz CT molecular complexity index is 1340. The summed E-state index contributed by atoms with van der Waals surface area (Å²) in [4.78, 5) is 13.4. The van der Waals surface area contributed by atoms with Gasteiger partial charge in [0.1, 0.15) is 5.82 Å². The van der Waals surface area contributed by atoms with Gasteiger partial charge in [-0.2, -0.15) is 4.31 Å². The second-order valence-corrected chi connectivity index (χ2v) is 13.7. The van der Waals surface area contributed by atoms with Crippen molar-refractivity contribution in [3.05, 3.63) is 64.4 Å². The lowest BCUT2D eigenvalue weighted by Gasteiger charge is -2.42. The number of benzene rings is 2. The molecule has 2 aliphatic heterocycles. The molecule has 2 heterocycles. The topological polar surface area (TPSA) is 105 Å². The number of hydrogen-bond donors (Lipinski definition) is 3. The molecular formula is C28H34ClF3N4O3S. The van der Waals surface area contributed by atoms with Crippen molar-refractivity contribution in [3.63, 3.8) is 0 Å². The minimum Gasteiger partial charge on any atom is -0.324 e. The lowest BCUT2D eigenvalue weighted by molar-refractivity contribution is -0.128. The fourth-order valence-corrected chi connectivity index (χ4v) is 8.22. The third-order valence-electron chi connectivity index (χ3n) is 8.44. The number of piperazine rings is 1. The number of carbonyl (C=O) groups excluding carboxylic acids is 1. The highest BCUT2D eigenvalue weighted by molar-refractivity contribution is 7.89. The summed E-state index contributed by atoms with van der Waals surface area (Å²) in [5, 5.41) is 6.60. The predicted molar refractivity (Wildman–Crippen MR) is 148 cm³/mol. The molecule has 12 heteroatoms. The summed E-state index contributed by atoms with van der Waals surface area (Å²) in [6, 6.07) is 9.56. The molecule has 2 bridgehead atoms. The van der Waals surface area contributed by atoms with Crippen LogP contribution in [0.1, 0.15) is 49.1 Å². The van der Waals surface area contributed by atoms with Crippen LogP contribution in [0.4, 0.5) is 18.9 Å². The number of carbonyl (C=O) groups is 1. The van der Waals surface area contributed by atoms with Gasteiger partial charge in [-0.3, -0.25) is 4.79 Å². The Labute approximate surface area is 237 Å². The van der Waals surface area contributed by atoms with E-state index in [0.717, 1.165) is 6.42 Å². The molecule has 2 saturated heterocycles. The van der Waals surface area contributed by atoms with Crippen molar-refractivity contribution >= 4 is 33.2 Å². The average molecular weight is 599 g/mol. The standard InChI is InChI=1S/C28H34ClF3N4O3S/c29-19-8-6-17(7-9-19)25(18-13-28(31,32)14-18)26(33)27(37)35-24-5-1-4-23(30)22(24)11-10-21-15-34-20-3-2-12-40(38,39)36(21)16-20/h1,4-9,18,20-21,25-26,34H,2-3,10-16,33H2,(H,35,37)/t20?,21?,25-,26-/m0/s1. The molecule has 4 N–H and O–H groups in total. The molecule has 1 saturated carbocycles. The summed E-state index contributed by atoms with van der Waals surface area (Å²) in [5.74, 6) is -5.01. The Balaban J connectivity index is 1.32. The number of anilines is 1. The van der Waals surface area contributed by atoms with E-state index in [9.17, 15) is 22.0 Å². The fraction of sp³-hybridized carbons (Fsp3) is 0.536. The SMILES string of the molecule is N[C@H](C(=O)Nc1cccc(F)c1CCC1CNC2CCCS(=O)(=O)N1C2)[C@@H](c1ccc(Cl)cc1)C1CC(F)(F)C1. The second-order valence-electron chi connectivity index (χ2n) is 11.2. The van der Waals surface area contributed by atoms with Crippen LogP contribution in [0.5, 0.6) is 0 Å². The Morgan fingerprint density at radius 2 is 1.93 bits per heavy atom. The van der Waals surface area contributed by atoms with Crippen LogP contribution in [0.2, 0.25) is 5.02 Å². The highest BCUT2D eigenvalue weighted by atomic mass is 35.5. The maximum Gasteiger partial charge on any atom is 0.248 e. The van der Waals surface area contributed by atoms with Gasteiger partial charge < -0.3 is 16.4 Å². The van der Waals surface area contributed by atoms with Crippen LogP contribution in [-0.4, -0.2) is 61.5 Å². The Morgan fingerprint density at radius 1 is 1.20 bits per heavy atom. The lowest BCUT2D eigenvalue weighted by Crippen LogP contribution is -2.57. The molecule has 3 unspecified atom stereocenters. The van der Waals surface area contributed by atoms with E-state index in [1.165, 1.54) is 12.1 Å². The number of halogens is 4. The Morgan fingerprint density at radius 3 is 2.62 bits per heavy atom. The van der Waals surface area contributed by atoms with Gasteiger partial charge in [-0.15, -0.1) is 0 Å². The monoisotopic (exact) mass is 598 g/mol. The molecule has 7 nitrogen and oxygen atoms in total. The number of amides is 1. The summed E-state index contributed by atoms with van der Waals surface area (Å²) < 4.78 is 69.8. The number of nitrogens with one attached hydrogen (secondary N) is 2. The highest BCUT2D eigenvalue weighted by Gasteiger charge is 2.51. The van der Waals surface area contributed by atoms with Crippen molar-refractivity contribution in [1.82, 2.24) is 9.62 Å². The minimum absolute atomic E-state index is 0.0995. The number of rotatable bonds is 8. The smallest absolute Gasteiger partial charge is 0.248 e. The third kappa shape index (κ3) is 6.33. The highest BCUT2D eigenvalue weighted by Crippen LogP contribution is 2.50. The number of alkyl halides is 2. The lowest BCUT2D eigenvalue weighted by atomic mass is 9.68. The number of nitrogens with zero attached hydrogens (tertiary/aromatic N) is 1. The molecule has 5 rings (SSSR count). The van der Waals surface area contributed by atoms with Crippen molar-refractivity contribution in [1.29, 1.82) is 0 Å². The Kier molecular flexibility index (Phi) is 8.50. The van der Waals surface area contributed by atoms with E-state index in [1.807, 2.05) is 0 Å². The van der Waals surface area contributed by atoms with Gasteiger partial charge in [0.25, 0.3) is 0 Å². The maximum absolute atomic E-state index is 15.0. The summed E-state index contributed by atoms with van der Waals surface area (Å²) >= 11 is 6.00. The average Bonchev–Trinajstić information content (AvgIpc) is 3.00. The van der Waals surface area contributed by atoms with E-state index in [4.69, 9.17) is 17.3 Å². The van der Waals surface area contributed by atoms with Gasteiger partial charge in [-0.05, 0) is 61.4 Å². The summed E-state index contributed by atoms with van der Waals surface area (Å²) in [6.45, 7) is 0.870. The zero-order valence-corrected chi connectivity index (χ0v) is 23.5. The van der Waals surface area contributed by atoms with E-state index < -0.39 is 45.5 Å². The Hall–Kier alpha value is -2.18. The largest absolute Gasteiger partial charge is 0.324 e. The number of nitrogens with two attached hydrogens (primary N) is 1. The van der Waals surface area contributed by atoms with Gasteiger partial charge in [-0.25, -0.2) is 21.6 Å². The molecule has 1 amide bonds. The van der Waals surface area contributed by atoms with Gasteiger partial charge in [0.15, 0.2) is 0 Å². The number of sulfonamides is 1. The van der Waals surface area contributed by atoms with E-state index in [2.05, 4.69) is 10.6 Å². The maximum atomic E-state index is 15.0. The first-order chi connectivity index (χ1) is 18.9. The molecule has 5 atom stereocenters. The minimum atomic E-state index is -3.40. The predicted octanol–water partition coefficient (Wildman–Crippen LogP) is 4.27. The van der Waals surface area contributed by atoms with Crippen molar-refractivity contribution in [2.75, 3.05) is 24.2 Å². The molecule has 3 aliphatic rings. The molecule has 0 radical (unpaired) electrons. The molecule has 2 aromatic rings. The molecule has 2 aromatic carbocycles. The van der Waals surface area contributed by atoms with Crippen LogP contribution < -0.4 is 16.4 Å². The summed E-state index contributed by atoms with van der Waals surface area (Å²) in [5.41, 5.74) is 7.50. The first-order valence-corrected chi connectivity index (χ1v) is 15.6. The second kappa shape index (κ2) is 11.6. The quantitative estimate of drug-likeness (QED) is 0.421. The number of fused-ring (bicyclic) bond motifs is 2. The van der Waals surface area contributed by atoms with Crippen LogP contribution in [0.15, 0.2) is 42.5 Å². The number of hydrogen-bond acceptors (Lipinski definition) is 5. The van der Waals surface area contributed by atoms with E-state index in [-0.39, 0.29) is 48.3 Å². The van der Waals surface area contributed by atoms with E-state index in [0.29, 0.717) is 36.5 Å². The van der Waals surface area contributed by atoms with Gasteiger partial charge in [0, 0.05) is 60.2 Å². The van der Waals surface area contributed by atoms with Gasteiger partial charge in [-0.1, -0.05) is 29.8 Å². The van der Waals surface area contributed by atoms with E-state index >= 15 is 4.39 Å². The molecule has 0 spiro atoms. The van der Waals surface area contributed by atoms with Crippen molar-refractivity contribution in [2.45, 2.75) is 68.5 Å². The van der Waals surface area contributed by atoms with Crippen molar-refractivity contribution < 1.29 is 26.4 Å². The van der Waals surface area contributed by atoms with Crippen LogP contribution in [-0.2, 0) is 21.2 Å². The van der Waals surface area contributed by atoms with Gasteiger partial charge >= 0.3 is 0 Å². The van der Waals surface area contributed by atoms with Gasteiger partial charge in [0.05, 0.1) is 11.8 Å². The third-order valence-corrected chi connectivity index (χ3v) is 10.7. The fourth-order valence-electron chi connectivity index (χ4n) is 6.28. The van der Waals surface area contributed by atoms with Crippen LogP contribution >= 0.6 is 11.6 Å². The van der Waals surface area contributed by atoms with E-state index in [1.54, 1.807) is 34.6 Å². The first-order valence-electron chi connectivity index (χ1n) is 13.6. The zero-order chi connectivity index (χ0) is 28.7. The molecular weight excluding hydrogens is 565 g/mol. The molecule has 40 heavy (non-hydrogen) atoms. The zero-order valence-electron chi connectivity index (χ0n) is 22.0. The van der Waals surface area contributed by atoms with Crippen molar-refractivity contribution in [3.8, 4) is 0 Å². The molecule has 0 aromatic heterocycles. The molecule has 1 aliphatic carbocycles. The van der Waals surface area contributed by atoms with Crippen LogP contribution in [0.3, 0.4) is 0 Å². The molecule has 3 fully saturated rings. The van der Waals surface area contributed by atoms with Crippen LogP contribution in [0.25, 0.3) is 0 Å². The summed E-state index contributed by atoms with van der Waals surface area (Å²) in [6.07, 6.45) is 1.20.